The quantitative estimate of drug-likeness (QED) is 0.726. The minimum Gasteiger partial charge on any atom is -0.505 e. The summed E-state index contributed by atoms with van der Waals surface area (Å²) in [7, 11) is 0. The van der Waals surface area contributed by atoms with Gasteiger partial charge in [-0.1, -0.05) is 24.3 Å². The zero-order chi connectivity index (χ0) is 15.5. The minimum absolute atomic E-state index is 0.0913. The Labute approximate surface area is 126 Å². The van der Waals surface area contributed by atoms with Crippen LogP contribution < -0.4 is 5.32 Å². The van der Waals surface area contributed by atoms with Gasteiger partial charge >= 0.3 is 0 Å². The van der Waals surface area contributed by atoms with Crippen LogP contribution in [0.3, 0.4) is 0 Å². The van der Waals surface area contributed by atoms with Gasteiger partial charge in [0.2, 0.25) is 5.95 Å². The SMILES string of the molecule is C=Nc1c(O)c(C(=O)Nc2ncccn2)cc2ccccc12. The summed E-state index contributed by atoms with van der Waals surface area (Å²) in [6, 6.07) is 10.5. The van der Waals surface area contributed by atoms with Gasteiger partial charge in [0, 0.05) is 17.8 Å². The Kier molecular flexibility index (Phi) is 3.49. The van der Waals surface area contributed by atoms with Crippen LogP contribution in [0.4, 0.5) is 11.6 Å². The lowest BCUT2D eigenvalue weighted by molar-refractivity contribution is 0.102. The molecule has 22 heavy (non-hydrogen) atoms. The molecule has 0 saturated heterocycles. The lowest BCUT2D eigenvalue weighted by Crippen LogP contribution is -2.14. The molecule has 1 aromatic heterocycles. The van der Waals surface area contributed by atoms with Gasteiger partial charge in [-0.05, 0) is 24.2 Å². The highest BCUT2D eigenvalue weighted by Crippen LogP contribution is 2.38. The van der Waals surface area contributed by atoms with Crippen LogP contribution in [0.5, 0.6) is 5.75 Å². The number of aromatic hydroxyl groups is 1. The van der Waals surface area contributed by atoms with Gasteiger partial charge in [0.05, 0.1) is 5.56 Å². The van der Waals surface area contributed by atoms with E-state index in [1.54, 1.807) is 18.2 Å². The molecule has 108 valence electrons. The van der Waals surface area contributed by atoms with Crippen LogP contribution in [0.25, 0.3) is 10.8 Å². The van der Waals surface area contributed by atoms with Gasteiger partial charge < -0.3 is 5.11 Å². The fraction of sp³-hybridized carbons (Fsp3) is 0. The zero-order valence-corrected chi connectivity index (χ0v) is 11.5. The van der Waals surface area contributed by atoms with E-state index in [2.05, 4.69) is 27.0 Å². The third-order valence-electron chi connectivity index (χ3n) is 3.19. The van der Waals surface area contributed by atoms with Crippen molar-refractivity contribution >= 4 is 35.0 Å². The number of nitrogens with zero attached hydrogens (tertiary/aromatic N) is 3. The molecule has 0 fully saturated rings. The van der Waals surface area contributed by atoms with Crippen molar-refractivity contribution in [1.82, 2.24) is 9.97 Å². The molecule has 0 aliphatic rings. The smallest absolute Gasteiger partial charge is 0.261 e. The fourth-order valence-corrected chi connectivity index (χ4v) is 2.18. The topological polar surface area (TPSA) is 87.5 Å². The zero-order valence-electron chi connectivity index (χ0n) is 11.5. The molecule has 0 radical (unpaired) electrons. The van der Waals surface area contributed by atoms with E-state index in [-0.39, 0.29) is 22.9 Å². The van der Waals surface area contributed by atoms with Crippen LogP contribution in [0.15, 0.2) is 53.8 Å². The van der Waals surface area contributed by atoms with Crippen molar-refractivity contribution in [3.05, 3.63) is 54.4 Å². The number of rotatable bonds is 3. The molecule has 0 atom stereocenters. The van der Waals surface area contributed by atoms with Crippen molar-refractivity contribution in [1.29, 1.82) is 0 Å². The monoisotopic (exact) mass is 292 g/mol. The van der Waals surface area contributed by atoms with Gasteiger partial charge in [0.15, 0.2) is 5.75 Å². The molecule has 0 aliphatic carbocycles. The minimum atomic E-state index is -0.514. The van der Waals surface area contributed by atoms with Gasteiger partial charge in [-0.2, -0.15) is 0 Å². The van der Waals surface area contributed by atoms with Gasteiger partial charge in [-0.3, -0.25) is 15.1 Å². The molecule has 6 nitrogen and oxygen atoms in total. The van der Waals surface area contributed by atoms with Gasteiger partial charge in [-0.15, -0.1) is 0 Å². The number of fused-ring (bicyclic) bond motifs is 1. The molecular weight excluding hydrogens is 280 g/mol. The predicted molar refractivity (Wildman–Crippen MR) is 84.8 cm³/mol. The number of aliphatic imine (C=N–C) groups is 1. The molecule has 0 aliphatic heterocycles. The number of anilines is 1. The number of benzene rings is 2. The van der Waals surface area contributed by atoms with E-state index in [4.69, 9.17) is 0 Å². The lowest BCUT2D eigenvalue weighted by Gasteiger charge is -2.10. The Morgan fingerprint density at radius 2 is 1.91 bits per heavy atom. The molecule has 2 N–H and O–H groups in total. The summed E-state index contributed by atoms with van der Waals surface area (Å²) in [5.41, 5.74) is 0.366. The van der Waals surface area contributed by atoms with Crippen molar-refractivity contribution in [2.75, 3.05) is 5.32 Å². The first kappa shape index (κ1) is 13.7. The number of carbonyl (C=O) groups excluding carboxylic acids is 1. The number of hydrogen-bond acceptors (Lipinski definition) is 5. The van der Waals surface area contributed by atoms with E-state index >= 15 is 0 Å². The maximum atomic E-state index is 12.3. The first-order chi connectivity index (χ1) is 10.7. The second-order valence-electron chi connectivity index (χ2n) is 4.53. The molecule has 3 rings (SSSR count). The maximum Gasteiger partial charge on any atom is 0.261 e. The molecule has 2 aromatic carbocycles. The Hall–Kier alpha value is -3.28. The second-order valence-corrected chi connectivity index (χ2v) is 4.53. The number of phenols is 1. The van der Waals surface area contributed by atoms with Crippen LogP contribution in [0.2, 0.25) is 0 Å². The van der Waals surface area contributed by atoms with E-state index in [9.17, 15) is 9.90 Å². The summed E-state index contributed by atoms with van der Waals surface area (Å²) in [6.45, 7) is 3.46. The highest BCUT2D eigenvalue weighted by atomic mass is 16.3. The van der Waals surface area contributed by atoms with Crippen LogP contribution in [-0.2, 0) is 0 Å². The van der Waals surface area contributed by atoms with E-state index in [1.807, 2.05) is 18.2 Å². The van der Waals surface area contributed by atoms with Crippen molar-refractivity contribution in [3.63, 3.8) is 0 Å². The van der Waals surface area contributed by atoms with Gasteiger partial charge in [0.25, 0.3) is 5.91 Å². The van der Waals surface area contributed by atoms with E-state index in [0.717, 1.165) is 10.8 Å². The molecule has 0 saturated carbocycles. The van der Waals surface area contributed by atoms with E-state index < -0.39 is 5.91 Å². The summed E-state index contributed by atoms with van der Waals surface area (Å²) in [5, 5.41) is 14.3. The van der Waals surface area contributed by atoms with Gasteiger partial charge in [-0.25, -0.2) is 9.97 Å². The third-order valence-corrected chi connectivity index (χ3v) is 3.19. The molecular formula is C16H12N4O2. The second kappa shape index (κ2) is 5.61. The molecule has 1 heterocycles. The Bertz CT molecular complexity index is 863. The van der Waals surface area contributed by atoms with Crippen LogP contribution in [-0.4, -0.2) is 27.7 Å². The highest BCUT2D eigenvalue weighted by molar-refractivity contribution is 6.11. The Morgan fingerprint density at radius 3 is 2.64 bits per heavy atom. The molecule has 0 spiro atoms. The molecule has 3 aromatic rings. The lowest BCUT2D eigenvalue weighted by atomic mass is 10.0. The van der Waals surface area contributed by atoms with Crippen LogP contribution in [0, 0.1) is 0 Å². The van der Waals surface area contributed by atoms with Crippen LogP contribution >= 0.6 is 0 Å². The first-order valence-electron chi connectivity index (χ1n) is 6.50. The number of hydrogen-bond donors (Lipinski definition) is 2. The average Bonchev–Trinajstić information content (AvgIpc) is 2.55. The Morgan fingerprint density at radius 1 is 1.18 bits per heavy atom. The highest BCUT2D eigenvalue weighted by Gasteiger charge is 2.18. The number of amides is 1. The molecule has 1 amide bonds. The van der Waals surface area contributed by atoms with Crippen molar-refractivity contribution in [2.24, 2.45) is 4.99 Å². The predicted octanol–water partition coefficient (Wildman–Crippen LogP) is 2.92. The van der Waals surface area contributed by atoms with E-state index in [0.29, 0.717) is 0 Å². The summed E-state index contributed by atoms with van der Waals surface area (Å²) in [5.74, 6) is -0.574. The molecule has 0 unspecified atom stereocenters. The largest absolute Gasteiger partial charge is 0.505 e. The maximum absolute atomic E-state index is 12.3. The first-order valence-corrected chi connectivity index (χ1v) is 6.50. The number of phenolic OH excluding ortho intramolecular Hbond substituents is 1. The van der Waals surface area contributed by atoms with Crippen molar-refractivity contribution < 1.29 is 9.90 Å². The number of aromatic nitrogens is 2. The van der Waals surface area contributed by atoms with Crippen LogP contribution in [0.1, 0.15) is 10.4 Å². The normalized spacial score (nSPS) is 10.4. The number of nitrogens with one attached hydrogen (secondary N) is 1. The fourth-order valence-electron chi connectivity index (χ4n) is 2.18. The number of carbonyl (C=O) groups is 1. The summed E-state index contributed by atoms with van der Waals surface area (Å²) >= 11 is 0. The van der Waals surface area contributed by atoms with Crippen molar-refractivity contribution in [3.8, 4) is 5.75 Å². The standard InChI is InChI=1S/C16H12N4O2/c1-17-13-11-6-3-2-5-10(11)9-12(14(13)21)15(22)20-16-18-7-4-8-19-16/h2-9,21H,1H2,(H,18,19,20,22). The molecule has 6 heteroatoms. The Balaban J connectivity index is 2.08. The summed E-state index contributed by atoms with van der Waals surface area (Å²) in [6.07, 6.45) is 3.03. The van der Waals surface area contributed by atoms with E-state index in [1.165, 1.54) is 12.4 Å². The average molecular weight is 292 g/mol. The summed E-state index contributed by atoms with van der Waals surface area (Å²) < 4.78 is 0. The summed E-state index contributed by atoms with van der Waals surface area (Å²) in [4.78, 5) is 24.0. The van der Waals surface area contributed by atoms with Gasteiger partial charge in [0.1, 0.15) is 5.69 Å². The molecule has 0 bridgehead atoms. The van der Waals surface area contributed by atoms with Crippen molar-refractivity contribution in [2.45, 2.75) is 0 Å². The third kappa shape index (κ3) is 2.37.